The van der Waals surface area contributed by atoms with E-state index >= 15 is 0 Å². The van der Waals surface area contributed by atoms with Gasteiger partial charge in [0.2, 0.25) is 0 Å². The van der Waals surface area contributed by atoms with Crippen molar-refractivity contribution in [2.45, 2.75) is 65.8 Å². The summed E-state index contributed by atoms with van der Waals surface area (Å²) in [7, 11) is 0. The fourth-order valence-electron chi connectivity index (χ4n) is 1.43. The lowest BCUT2D eigenvalue weighted by Gasteiger charge is -2.21. The average Bonchev–Trinajstić information content (AvgIpc) is 2.44. The topological polar surface area (TPSA) is 30.7 Å². The quantitative estimate of drug-likeness (QED) is 0.712. The molecule has 0 radical (unpaired) electrons. The third-order valence-corrected chi connectivity index (χ3v) is 2.30. The van der Waals surface area contributed by atoms with E-state index in [0.717, 1.165) is 18.1 Å². The molecule has 15 heavy (non-hydrogen) atoms. The van der Waals surface area contributed by atoms with Gasteiger partial charge in [0.05, 0.1) is 5.54 Å². The second-order valence-corrected chi connectivity index (χ2v) is 6.04. The first-order valence-electron chi connectivity index (χ1n) is 5.63. The highest BCUT2D eigenvalue weighted by Gasteiger charge is 2.25. The van der Waals surface area contributed by atoms with E-state index in [1.807, 2.05) is 4.68 Å². The first-order chi connectivity index (χ1) is 6.66. The first-order valence-corrected chi connectivity index (χ1v) is 5.63. The van der Waals surface area contributed by atoms with E-state index in [2.05, 4.69) is 58.5 Å². The van der Waals surface area contributed by atoms with Crippen molar-refractivity contribution in [3.63, 3.8) is 0 Å². The minimum Gasteiger partial charge on any atom is -0.245 e. The van der Waals surface area contributed by atoms with E-state index in [1.165, 1.54) is 0 Å². The summed E-state index contributed by atoms with van der Waals surface area (Å²) in [4.78, 5) is 4.62. The van der Waals surface area contributed by atoms with E-state index in [1.54, 1.807) is 0 Å². The number of rotatable bonds is 1. The highest BCUT2D eigenvalue weighted by atomic mass is 15.4. The standard InChI is InChI=1S/C12H23N3/c1-8-9-13-10(11(2,3)4)14-15(9)12(5,6)7/h8H2,1-7H3. The van der Waals surface area contributed by atoms with Gasteiger partial charge in [0.25, 0.3) is 0 Å². The van der Waals surface area contributed by atoms with E-state index < -0.39 is 0 Å². The molecule has 3 nitrogen and oxygen atoms in total. The zero-order valence-corrected chi connectivity index (χ0v) is 11.0. The molecular formula is C12H23N3. The van der Waals surface area contributed by atoms with E-state index in [-0.39, 0.29) is 11.0 Å². The molecular weight excluding hydrogens is 186 g/mol. The molecule has 0 aliphatic carbocycles. The number of nitrogens with zero attached hydrogens (tertiary/aromatic N) is 3. The van der Waals surface area contributed by atoms with Gasteiger partial charge in [0, 0.05) is 11.8 Å². The Bertz CT molecular complexity index is 337. The van der Waals surface area contributed by atoms with Gasteiger partial charge in [0.15, 0.2) is 5.82 Å². The lowest BCUT2D eigenvalue weighted by molar-refractivity contribution is 0.337. The summed E-state index contributed by atoms with van der Waals surface area (Å²) in [6, 6.07) is 0. The smallest absolute Gasteiger partial charge is 0.156 e. The van der Waals surface area contributed by atoms with Crippen LogP contribution < -0.4 is 0 Å². The highest BCUT2D eigenvalue weighted by molar-refractivity contribution is 5.05. The monoisotopic (exact) mass is 209 g/mol. The molecule has 0 fully saturated rings. The molecule has 0 atom stereocenters. The van der Waals surface area contributed by atoms with Crippen LogP contribution in [0.15, 0.2) is 0 Å². The third kappa shape index (κ3) is 2.58. The van der Waals surface area contributed by atoms with Gasteiger partial charge in [-0.25, -0.2) is 9.67 Å². The minimum atomic E-state index is 0.0157. The van der Waals surface area contributed by atoms with Crippen LogP contribution in [0, 0.1) is 0 Å². The Morgan fingerprint density at radius 2 is 1.60 bits per heavy atom. The fourth-order valence-corrected chi connectivity index (χ4v) is 1.43. The summed E-state index contributed by atoms with van der Waals surface area (Å²) < 4.78 is 2.05. The van der Waals surface area contributed by atoms with Crippen LogP contribution in [-0.2, 0) is 17.4 Å². The molecule has 1 aromatic rings. The molecule has 0 saturated heterocycles. The minimum absolute atomic E-state index is 0.0157. The SMILES string of the molecule is CCc1nc(C(C)(C)C)nn1C(C)(C)C. The molecule has 0 amide bonds. The van der Waals surface area contributed by atoms with E-state index in [0.29, 0.717) is 0 Å². The van der Waals surface area contributed by atoms with Crippen LogP contribution in [0.25, 0.3) is 0 Å². The van der Waals surface area contributed by atoms with Crippen LogP contribution in [0.2, 0.25) is 0 Å². The van der Waals surface area contributed by atoms with Gasteiger partial charge in [-0.05, 0) is 20.8 Å². The van der Waals surface area contributed by atoms with Crippen molar-refractivity contribution in [2.75, 3.05) is 0 Å². The Kier molecular flexibility index (Phi) is 2.94. The molecule has 0 N–H and O–H groups in total. The largest absolute Gasteiger partial charge is 0.245 e. The molecule has 0 aromatic carbocycles. The van der Waals surface area contributed by atoms with Gasteiger partial charge < -0.3 is 0 Å². The van der Waals surface area contributed by atoms with Gasteiger partial charge >= 0.3 is 0 Å². The van der Waals surface area contributed by atoms with Crippen molar-refractivity contribution < 1.29 is 0 Å². The number of aryl methyl sites for hydroxylation is 1. The molecule has 0 bridgehead atoms. The van der Waals surface area contributed by atoms with Crippen molar-refractivity contribution in [3.05, 3.63) is 11.6 Å². The maximum absolute atomic E-state index is 4.63. The zero-order chi connectivity index (χ0) is 11.9. The van der Waals surface area contributed by atoms with Crippen LogP contribution in [0.5, 0.6) is 0 Å². The van der Waals surface area contributed by atoms with Crippen molar-refractivity contribution in [1.29, 1.82) is 0 Å². The van der Waals surface area contributed by atoms with Crippen molar-refractivity contribution in [1.82, 2.24) is 14.8 Å². The Hall–Kier alpha value is -0.860. The second kappa shape index (κ2) is 3.62. The summed E-state index contributed by atoms with van der Waals surface area (Å²) in [5, 5.41) is 4.63. The molecule has 3 heteroatoms. The lowest BCUT2D eigenvalue weighted by atomic mass is 9.96. The molecule has 0 saturated carbocycles. The third-order valence-electron chi connectivity index (χ3n) is 2.30. The molecule has 0 aliphatic rings. The highest BCUT2D eigenvalue weighted by Crippen LogP contribution is 2.22. The van der Waals surface area contributed by atoms with Crippen molar-refractivity contribution in [2.24, 2.45) is 0 Å². The molecule has 1 rings (SSSR count). The molecule has 0 spiro atoms. The fraction of sp³-hybridized carbons (Fsp3) is 0.833. The Balaban J connectivity index is 3.24. The second-order valence-electron chi connectivity index (χ2n) is 6.04. The summed E-state index contributed by atoms with van der Waals surface area (Å²) in [5.74, 6) is 2.02. The normalized spacial score (nSPS) is 13.3. The van der Waals surface area contributed by atoms with E-state index in [4.69, 9.17) is 0 Å². The maximum Gasteiger partial charge on any atom is 0.156 e. The van der Waals surface area contributed by atoms with Crippen LogP contribution in [0.3, 0.4) is 0 Å². The van der Waals surface area contributed by atoms with Gasteiger partial charge in [-0.15, -0.1) is 0 Å². The summed E-state index contributed by atoms with van der Waals surface area (Å²) in [6.07, 6.45) is 0.931. The van der Waals surface area contributed by atoms with Gasteiger partial charge in [0.1, 0.15) is 5.82 Å². The van der Waals surface area contributed by atoms with Crippen LogP contribution in [-0.4, -0.2) is 14.8 Å². The van der Waals surface area contributed by atoms with Crippen LogP contribution >= 0.6 is 0 Å². The average molecular weight is 209 g/mol. The molecule has 0 aliphatic heterocycles. The molecule has 1 heterocycles. The van der Waals surface area contributed by atoms with Crippen LogP contribution in [0.1, 0.15) is 60.1 Å². The summed E-state index contributed by atoms with van der Waals surface area (Å²) in [6.45, 7) is 15.0. The number of hydrogen-bond acceptors (Lipinski definition) is 2. The van der Waals surface area contributed by atoms with Crippen LogP contribution in [0.4, 0.5) is 0 Å². The molecule has 86 valence electrons. The number of hydrogen-bond donors (Lipinski definition) is 0. The van der Waals surface area contributed by atoms with E-state index in [9.17, 15) is 0 Å². The van der Waals surface area contributed by atoms with Crippen molar-refractivity contribution >= 4 is 0 Å². The first kappa shape index (κ1) is 12.2. The Labute approximate surface area is 92.9 Å². The summed E-state index contributed by atoms with van der Waals surface area (Å²) >= 11 is 0. The maximum atomic E-state index is 4.63. The Morgan fingerprint density at radius 1 is 1.07 bits per heavy atom. The molecule has 0 unspecified atom stereocenters. The predicted molar refractivity (Wildman–Crippen MR) is 63.1 cm³/mol. The van der Waals surface area contributed by atoms with Gasteiger partial charge in [-0.3, -0.25) is 0 Å². The van der Waals surface area contributed by atoms with Gasteiger partial charge in [-0.1, -0.05) is 27.7 Å². The summed E-state index contributed by atoms with van der Waals surface area (Å²) in [5.41, 5.74) is 0.0439. The Morgan fingerprint density at radius 3 is 1.87 bits per heavy atom. The predicted octanol–water partition coefficient (Wildman–Crippen LogP) is 2.89. The zero-order valence-electron chi connectivity index (χ0n) is 11.0. The number of aromatic nitrogens is 3. The molecule has 1 aromatic heterocycles. The lowest BCUT2D eigenvalue weighted by Crippen LogP contribution is -2.26. The van der Waals surface area contributed by atoms with Crippen molar-refractivity contribution in [3.8, 4) is 0 Å². The van der Waals surface area contributed by atoms with Gasteiger partial charge in [-0.2, -0.15) is 5.10 Å².